The fourth-order valence-corrected chi connectivity index (χ4v) is 2.90. The molecule has 0 aromatic heterocycles. The largest absolute Gasteiger partial charge is 0.353 e. The van der Waals surface area contributed by atoms with Crippen LogP contribution >= 0.6 is 0 Å². The average molecular weight is 224 g/mol. The zero-order valence-corrected chi connectivity index (χ0v) is 9.64. The van der Waals surface area contributed by atoms with Gasteiger partial charge in [-0.25, -0.2) is 0 Å². The fraction of sp³-hybridized carbons (Fsp3) is 0.846. The molecule has 0 spiro atoms. The number of fused-ring (bicyclic) bond motifs is 1. The van der Waals surface area contributed by atoms with Crippen molar-refractivity contribution in [3.63, 3.8) is 0 Å². The van der Waals surface area contributed by atoms with Crippen molar-refractivity contribution >= 4 is 0 Å². The molecule has 0 bridgehead atoms. The summed E-state index contributed by atoms with van der Waals surface area (Å²) in [6, 6.07) is 0. The predicted molar refractivity (Wildman–Crippen MR) is 59.8 cm³/mol. The molecule has 3 rings (SSSR count). The molecule has 4 unspecified atom stereocenters. The lowest BCUT2D eigenvalue weighted by Gasteiger charge is -2.36. The Labute approximate surface area is 96.8 Å². The van der Waals surface area contributed by atoms with Crippen molar-refractivity contribution in [1.82, 2.24) is 0 Å². The van der Waals surface area contributed by atoms with Crippen molar-refractivity contribution in [3.05, 3.63) is 12.2 Å². The highest BCUT2D eigenvalue weighted by molar-refractivity contribution is 5.03. The maximum atomic E-state index is 5.96. The maximum absolute atomic E-state index is 5.96. The molecule has 2 heterocycles. The summed E-state index contributed by atoms with van der Waals surface area (Å²) >= 11 is 0. The highest BCUT2D eigenvalue weighted by atomic mass is 16.8. The van der Waals surface area contributed by atoms with E-state index in [9.17, 15) is 0 Å². The van der Waals surface area contributed by atoms with Crippen LogP contribution < -0.4 is 0 Å². The number of hydrogen-bond donors (Lipinski definition) is 0. The molecule has 0 aromatic rings. The molecule has 0 amide bonds. The second-order valence-electron chi connectivity index (χ2n) is 4.95. The Morgan fingerprint density at radius 3 is 2.94 bits per heavy atom. The van der Waals surface area contributed by atoms with E-state index in [1.54, 1.807) is 0 Å². The van der Waals surface area contributed by atoms with Crippen LogP contribution in [-0.4, -0.2) is 25.8 Å². The molecule has 0 N–H and O–H groups in total. The Bertz CT molecular complexity index is 258. The summed E-state index contributed by atoms with van der Waals surface area (Å²) < 4.78 is 17.3. The molecule has 3 heteroatoms. The van der Waals surface area contributed by atoms with Gasteiger partial charge in [0.1, 0.15) is 0 Å². The van der Waals surface area contributed by atoms with E-state index in [2.05, 4.69) is 12.2 Å². The van der Waals surface area contributed by atoms with E-state index < -0.39 is 0 Å². The normalized spacial score (nSPS) is 43.2. The van der Waals surface area contributed by atoms with Crippen LogP contribution in [0.5, 0.6) is 0 Å². The first kappa shape index (κ1) is 10.8. The van der Waals surface area contributed by atoms with Crippen molar-refractivity contribution in [3.8, 4) is 0 Å². The number of ether oxygens (including phenoxy) is 3. The number of hydrogen-bond acceptors (Lipinski definition) is 3. The zero-order valence-electron chi connectivity index (χ0n) is 9.64. The van der Waals surface area contributed by atoms with Crippen molar-refractivity contribution in [2.45, 2.75) is 44.7 Å². The van der Waals surface area contributed by atoms with Crippen LogP contribution in [-0.2, 0) is 14.2 Å². The van der Waals surface area contributed by atoms with Crippen LogP contribution in [0.15, 0.2) is 12.2 Å². The standard InChI is InChI=1S/C13H20O3/c1-2-8-14-12(6-1)16-13-11-5-3-4-10(11)7-9-15-13/h3-4,10-13H,1-2,5-9H2. The molecule has 2 fully saturated rings. The molecule has 0 saturated carbocycles. The minimum absolute atomic E-state index is 0.0295. The number of allylic oxidation sites excluding steroid dienone is 2. The van der Waals surface area contributed by atoms with Gasteiger partial charge in [0.15, 0.2) is 12.6 Å². The van der Waals surface area contributed by atoms with Gasteiger partial charge >= 0.3 is 0 Å². The zero-order chi connectivity index (χ0) is 10.8. The summed E-state index contributed by atoms with van der Waals surface area (Å²) in [5.41, 5.74) is 0. The first-order valence-corrected chi connectivity index (χ1v) is 6.49. The van der Waals surface area contributed by atoms with Gasteiger partial charge in [0.2, 0.25) is 0 Å². The summed E-state index contributed by atoms with van der Waals surface area (Å²) in [6.07, 6.45) is 10.2. The van der Waals surface area contributed by atoms with Gasteiger partial charge in [-0.1, -0.05) is 12.2 Å². The average Bonchev–Trinajstić information content (AvgIpc) is 2.80. The minimum atomic E-state index is -0.0446. The van der Waals surface area contributed by atoms with Gasteiger partial charge in [0.25, 0.3) is 0 Å². The van der Waals surface area contributed by atoms with Crippen LogP contribution in [0.1, 0.15) is 32.1 Å². The molecular formula is C13H20O3. The molecular weight excluding hydrogens is 204 g/mol. The second kappa shape index (κ2) is 4.86. The molecule has 2 saturated heterocycles. The van der Waals surface area contributed by atoms with Gasteiger partial charge in [-0.3, -0.25) is 0 Å². The lowest BCUT2D eigenvalue weighted by atomic mass is 9.90. The topological polar surface area (TPSA) is 27.7 Å². The smallest absolute Gasteiger partial charge is 0.164 e. The molecule has 1 aliphatic carbocycles. The van der Waals surface area contributed by atoms with Crippen molar-refractivity contribution in [1.29, 1.82) is 0 Å². The second-order valence-corrected chi connectivity index (χ2v) is 4.95. The van der Waals surface area contributed by atoms with E-state index in [-0.39, 0.29) is 12.6 Å². The van der Waals surface area contributed by atoms with E-state index in [1.165, 1.54) is 12.8 Å². The quantitative estimate of drug-likeness (QED) is 0.674. The highest BCUT2D eigenvalue weighted by Crippen LogP contribution is 2.37. The first-order valence-electron chi connectivity index (χ1n) is 6.49. The van der Waals surface area contributed by atoms with Crippen LogP contribution in [0.3, 0.4) is 0 Å². The number of rotatable bonds is 2. The molecule has 16 heavy (non-hydrogen) atoms. The highest BCUT2D eigenvalue weighted by Gasteiger charge is 2.37. The summed E-state index contributed by atoms with van der Waals surface area (Å²) in [7, 11) is 0. The Morgan fingerprint density at radius 1 is 1.06 bits per heavy atom. The Balaban J connectivity index is 1.57. The molecule has 0 aromatic carbocycles. The summed E-state index contributed by atoms with van der Waals surface area (Å²) in [5.74, 6) is 1.20. The Hall–Kier alpha value is -0.380. The van der Waals surface area contributed by atoms with Crippen molar-refractivity contribution in [2.24, 2.45) is 11.8 Å². The molecule has 2 aliphatic heterocycles. The third kappa shape index (κ3) is 2.17. The fourth-order valence-electron chi connectivity index (χ4n) is 2.90. The SMILES string of the molecule is C1=CC2CCOC(OC3CCCCO3)C2C1. The van der Waals surface area contributed by atoms with E-state index >= 15 is 0 Å². The van der Waals surface area contributed by atoms with Gasteiger partial charge in [-0.2, -0.15) is 0 Å². The molecule has 3 aliphatic rings. The summed E-state index contributed by atoms with van der Waals surface area (Å²) in [4.78, 5) is 0. The van der Waals surface area contributed by atoms with Gasteiger partial charge in [0, 0.05) is 12.5 Å². The van der Waals surface area contributed by atoms with Crippen LogP contribution in [0.4, 0.5) is 0 Å². The van der Waals surface area contributed by atoms with E-state index in [4.69, 9.17) is 14.2 Å². The lowest BCUT2D eigenvalue weighted by Crippen LogP contribution is -2.39. The first-order chi connectivity index (χ1) is 7.93. The van der Waals surface area contributed by atoms with Crippen molar-refractivity contribution < 1.29 is 14.2 Å². The summed E-state index contributed by atoms with van der Waals surface area (Å²) in [6.45, 7) is 1.66. The maximum Gasteiger partial charge on any atom is 0.164 e. The van der Waals surface area contributed by atoms with Crippen LogP contribution in [0.2, 0.25) is 0 Å². The lowest BCUT2D eigenvalue weighted by molar-refractivity contribution is -0.284. The van der Waals surface area contributed by atoms with Crippen molar-refractivity contribution in [2.75, 3.05) is 13.2 Å². The predicted octanol–water partition coefficient (Wildman–Crippen LogP) is 2.47. The molecule has 4 atom stereocenters. The van der Waals surface area contributed by atoms with E-state index in [0.29, 0.717) is 11.8 Å². The Morgan fingerprint density at radius 2 is 2.06 bits per heavy atom. The third-order valence-corrected chi connectivity index (χ3v) is 3.85. The Kier molecular flexibility index (Phi) is 3.27. The van der Waals surface area contributed by atoms with Crippen LogP contribution in [0.25, 0.3) is 0 Å². The van der Waals surface area contributed by atoms with Gasteiger partial charge in [-0.05, 0) is 38.0 Å². The molecule has 90 valence electrons. The van der Waals surface area contributed by atoms with Gasteiger partial charge in [0.05, 0.1) is 6.61 Å². The summed E-state index contributed by atoms with van der Waals surface area (Å²) in [5, 5.41) is 0. The van der Waals surface area contributed by atoms with Crippen LogP contribution in [0, 0.1) is 11.8 Å². The monoisotopic (exact) mass is 224 g/mol. The van der Waals surface area contributed by atoms with Gasteiger partial charge < -0.3 is 14.2 Å². The molecule has 3 nitrogen and oxygen atoms in total. The minimum Gasteiger partial charge on any atom is -0.353 e. The third-order valence-electron chi connectivity index (χ3n) is 3.85. The van der Waals surface area contributed by atoms with E-state index in [0.717, 1.165) is 32.5 Å². The van der Waals surface area contributed by atoms with E-state index in [1.807, 2.05) is 0 Å². The van der Waals surface area contributed by atoms with Gasteiger partial charge in [-0.15, -0.1) is 0 Å². The molecule has 0 radical (unpaired) electrons.